The Labute approximate surface area is 106 Å². The van der Waals surface area contributed by atoms with Gasteiger partial charge in [-0.3, -0.25) is 10.2 Å². The van der Waals surface area contributed by atoms with Crippen LogP contribution in [0.2, 0.25) is 0 Å². The summed E-state index contributed by atoms with van der Waals surface area (Å²) in [4.78, 5) is 0. The molecule has 3 rings (SSSR count). The molecular weight excluding hydrogens is 252 g/mol. The molecule has 0 bridgehead atoms. The van der Waals surface area contributed by atoms with Gasteiger partial charge in [0, 0.05) is 23.4 Å². The fourth-order valence-corrected chi connectivity index (χ4v) is 1.92. The van der Waals surface area contributed by atoms with Crippen molar-refractivity contribution < 1.29 is 8.78 Å². The van der Waals surface area contributed by atoms with Crippen molar-refractivity contribution in [3.63, 3.8) is 0 Å². The lowest BCUT2D eigenvalue weighted by Crippen LogP contribution is -1.92. The zero-order valence-electron chi connectivity index (χ0n) is 9.61. The molecule has 3 aromatic rings. The number of nitrogen functional groups attached to an aromatic ring is 1. The molecule has 1 aromatic carbocycles. The van der Waals surface area contributed by atoms with Crippen LogP contribution in [0, 0.1) is 11.6 Å². The molecule has 5 nitrogen and oxygen atoms in total. The molecule has 2 aromatic heterocycles. The highest BCUT2D eigenvalue weighted by Crippen LogP contribution is 2.35. The number of halogens is 2. The average molecular weight is 261 g/mol. The van der Waals surface area contributed by atoms with Crippen LogP contribution in [0.15, 0.2) is 30.6 Å². The lowest BCUT2D eigenvalue weighted by Gasteiger charge is -2.04. The van der Waals surface area contributed by atoms with Crippen molar-refractivity contribution >= 4 is 5.82 Å². The van der Waals surface area contributed by atoms with E-state index in [1.165, 1.54) is 12.1 Å². The van der Waals surface area contributed by atoms with Gasteiger partial charge in [0.1, 0.15) is 11.6 Å². The molecular formula is C12H9F2N5. The maximum Gasteiger partial charge on any atom is 0.153 e. The monoisotopic (exact) mass is 261 g/mol. The Morgan fingerprint density at radius 1 is 1.21 bits per heavy atom. The van der Waals surface area contributed by atoms with Crippen molar-refractivity contribution in [1.82, 2.24) is 20.4 Å². The van der Waals surface area contributed by atoms with Gasteiger partial charge in [0.25, 0.3) is 0 Å². The van der Waals surface area contributed by atoms with E-state index in [2.05, 4.69) is 20.4 Å². The van der Waals surface area contributed by atoms with Gasteiger partial charge in [-0.05, 0) is 12.1 Å². The summed E-state index contributed by atoms with van der Waals surface area (Å²) in [5.74, 6) is -1.20. The number of nitrogens with zero attached hydrogens (tertiary/aromatic N) is 2. The molecule has 0 amide bonds. The largest absolute Gasteiger partial charge is 0.382 e. The molecule has 4 N–H and O–H groups in total. The van der Waals surface area contributed by atoms with Gasteiger partial charge in [-0.1, -0.05) is 0 Å². The maximum atomic E-state index is 13.9. The number of nitrogens with one attached hydrogen (secondary N) is 2. The van der Waals surface area contributed by atoms with Crippen molar-refractivity contribution in [2.75, 3.05) is 5.73 Å². The predicted molar refractivity (Wildman–Crippen MR) is 65.9 cm³/mol. The van der Waals surface area contributed by atoms with Gasteiger partial charge in [0.2, 0.25) is 0 Å². The second kappa shape index (κ2) is 4.20. The summed E-state index contributed by atoms with van der Waals surface area (Å²) in [6.45, 7) is 0. The highest BCUT2D eigenvalue weighted by Gasteiger charge is 2.18. The number of aromatic nitrogens is 4. The lowest BCUT2D eigenvalue weighted by atomic mass is 10.0. The van der Waals surface area contributed by atoms with Crippen LogP contribution in [0.1, 0.15) is 0 Å². The van der Waals surface area contributed by atoms with Gasteiger partial charge in [0.15, 0.2) is 5.82 Å². The Hall–Kier alpha value is -2.70. The van der Waals surface area contributed by atoms with Crippen molar-refractivity contribution in [3.8, 4) is 22.4 Å². The van der Waals surface area contributed by atoms with E-state index < -0.39 is 11.6 Å². The SMILES string of the molecule is Nc1n[nH]c(-c2cn[nH]c2)c1-c1ccc(F)cc1F. The highest BCUT2D eigenvalue weighted by atomic mass is 19.1. The number of rotatable bonds is 2. The van der Waals surface area contributed by atoms with E-state index in [0.29, 0.717) is 16.8 Å². The van der Waals surface area contributed by atoms with E-state index in [0.717, 1.165) is 6.07 Å². The Kier molecular flexibility index (Phi) is 2.52. The molecule has 0 saturated carbocycles. The zero-order valence-corrected chi connectivity index (χ0v) is 9.61. The second-order valence-corrected chi connectivity index (χ2v) is 3.97. The van der Waals surface area contributed by atoms with E-state index >= 15 is 0 Å². The molecule has 19 heavy (non-hydrogen) atoms. The Morgan fingerprint density at radius 2 is 2.05 bits per heavy atom. The lowest BCUT2D eigenvalue weighted by molar-refractivity contribution is 0.585. The summed E-state index contributed by atoms with van der Waals surface area (Å²) in [7, 11) is 0. The molecule has 0 spiro atoms. The van der Waals surface area contributed by atoms with E-state index in [1.54, 1.807) is 12.4 Å². The van der Waals surface area contributed by atoms with Crippen LogP contribution in [-0.2, 0) is 0 Å². The van der Waals surface area contributed by atoms with Gasteiger partial charge in [-0.15, -0.1) is 0 Å². The molecule has 0 radical (unpaired) electrons. The minimum absolute atomic E-state index is 0.140. The first kappa shape index (κ1) is 11.4. The number of aromatic amines is 2. The summed E-state index contributed by atoms with van der Waals surface area (Å²) in [6, 6.07) is 3.31. The third kappa shape index (κ3) is 1.85. The van der Waals surface area contributed by atoms with Crippen molar-refractivity contribution in [1.29, 1.82) is 0 Å². The van der Waals surface area contributed by atoms with E-state index in [4.69, 9.17) is 5.73 Å². The van der Waals surface area contributed by atoms with Gasteiger partial charge < -0.3 is 5.73 Å². The third-order valence-corrected chi connectivity index (χ3v) is 2.78. The summed E-state index contributed by atoms with van der Waals surface area (Å²) < 4.78 is 26.8. The first-order valence-corrected chi connectivity index (χ1v) is 5.45. The van der Waals surface area contributed by atoms with Crippen LogP contribution in [0.5, 0.6) is 0 Å². The number of benzene rings is 1. The first-order valence-electron chi connectivity index (χ1n) is 5.45. The minimum atomic E-state index is -0.696. The second-order valence-electron chi connectivity index (χ2n) is 3.97. The van der Waals surface area contributed by atoms with Crippen LogP contribution in [0.3, 0.4) is 0 Å². The fourth-order valence-electron chi connectivity index (χ4n) is 1.92. The van der Waals surface area contributed by atoms with E-state index in [1.807, 2.05) is 0 Å². The molecule has 0 fully saturated rings. The van der Waals surface area contributed by atoms with Crippen LogP contribution < -0.4 is 5.73 Å². The molecule has 0 aliphatic rings. The number of anilines is 1. The topological polar surface area (TPSA) is 83.4 Å². The Bertz CT molecular complexity index is 718. The molecule has 0 saturated heterocycles. The summed E-state index contributed by atoms with van der Waals surface area (Å²) in [5.41, 5.74) is 7.53. The van der Waals surface area contributed by atoms with Crippen molar-refractivity contribution in [2.24, 2.45) is 0 Å². The number of hydrogen-bond acceptors (Lipinski definition) is 3. The van der Waals surface area contributed by atoms with Gasteiger partial charge in [0.05, 0.1) is 17.5 Å². The fraction of sp³-hybridized carbons (Fsp3) is 0. The maximum absolute atomic E-state index is 13.9. The van der Waals surface area contributed by atoms with Crippen molar-refractivity contribution in [2.45, 2.75) is 0 Å². The predicted octanol–water partition coefficient (Wildman–Crippen LogP) is 2.33. The normalized spacial score (nSPS) is 10.8. The third-order valence-electron chi connectivity index (χ3n) is 2.78. The summed E-state index contributed by atoms with van der Waals surface area (Å²) in [6.07, 6.45) is 3.18. The zero-order chi connectivity index (χ0) is 13.4. The molecule has 0 aliphatic carbocycles. The number of nitrogens with two attached hydrogens (primary N) is 1. The van der Waals surface area contributed by atoms with Crippen LogP contribution >= 0.6 is 0 Å². The molecule has 96 valence electrons. The Balaban J connectivity index is 2.22. The molecule has 0 aliphatic heterocycles. The van der Waals surface area contributed by atoms with Gasteiger partial charge in [-0.25, -0.2) is 8.78 Å². The highest BCUT2D eigenvalue weighted by molar-refractivity contribution is 5.87. The molecule has 2 heterocycles. The number of H-pyrrole nitrogens is 2. The van der Waals surface area contributed by atoms with E-state index in [-0.39, 0.29) is 11.4 Å². The molecule has 0 unspecified atom stereocenters. The quantitative estimate of drug-likeness (QED) is 0.662. The average Bonchev–Trinajstić information content (AvgIpc) is 2.99. The Morgan fingerprint density at radius 3 is 2.74 bits per heavy atom. The van der Waals surface area contributed by atoms with Crippen LogP contribution in [0.25, 0.3) is 22.4 Å². The summed E-state index contributed by atoms with van der Waals surface area (Å²) in [5, 5.41) is 13.0. The van der Waals surface area contributed by atoms with Crippen molar-refractivity contribution in [3.05, 3.63) is 42.2 Å². The molecule has 0 atom stereocenters. The first-order chi connectivity index (χ1) is 9.16. The van der Waals surface area contributed by atoms with Crippen LogP contribution in [0.4, 0.5) is 14.6 Å². The minimum Gasteiger partial charge on any atom is -0.382 e. The van der Waals surface area contributed by atoms with Crippen LogP contribution in [-0.4, -0.2) is 20.4 Å². The van der Waals surface area contributed by atoms with E-state index in [9.17, 15) is 8.78 Å². The van der Waals surface area contributed by atoms with Gasteiger partial charge >= 0.3 is 0 Å². The summed E-state index contributed by atoms with van der Waals surface area (Å²) >= 11 is 0. The van der Waals surface area contributed by atoms with Gasteiger partial charge in [-0.2, -0.15) is 10.2 Å². The number of hydrogen-bond donors (Lipinski definition) is 3. The molecule has 7 heteroatoms. The standard InChI is InChI=1S/C12H9F2N5/c13-7-1-2-8(9(14)3-7)10-11(18-19-12(10)15)6-4-16-17-5-6/h1-5H,(H,16,17)(H3,15,18,19). The smallest absolute Gasteiger partial charge is 0.153 e.